The van der Waals surface area contributed by atoms with Gasteiger partial charge in [0.25, 0.3) is 0 Å². The third-order valence-corrected chi connectivity index (χ3v) is 2.62. The molecule has 1 aromatic carbocycles. The Kier molecular flexibility index (Phi) is 3.49. The van der Waals surface area contributed by atoms with Crippen LogP contribution in [0.25, 0.3) is 0 Å². The van der Waals surface area contributed by atoms with Gasteiger partial charge in [-0.25, -0.2) is 0 Å². The van der Waals surface area contributed by atoms with E-state index in [1.54, 1.807) is 18.2 Å². The summed E-state index contributed by atoms with van der Waals surface area (Å²) in [5, 5.41) is 0.562. The maximum atomic E-state index is 10.4. The number of aryl methyl sites for hydroxylation is 1. The lowest BCUT2D eigenvalue weighted by Gasteiger charge is -2.09. The summed E-state index contributed by atoms with van der Waals surface area (Å²) in [4.78, 5) is 10.4. The van der Waals surface area contributed by atoms with Gasteiger partial charge in [-0.15, -0.1) is 0 Å². The number of hydrogen-bond donors (Lipinski definition) is 0. The Morgan fingerprint density at radius 3 is 2.82 bits per heavy atom. The second-order valence-electron chi connectivity index (χ2n) is 3.60. The van der Waals surface area contributed by atoms with Crippen molar-refractivity contribution < 1.29 is 13.9 Å². The Labute approximate surface area is 104 Å². The van der Waals surface area contributed by atoms with Crippen molar-refractivity contribution in [3.05, 3.63) is 52.4 Å². The minimum Gasteiger partial charge on any atom is -0.484 e. The average molecular weight is 251 g/mol. The minimum absolute atomic E-state index is 0.248. The molecule has 0 aliphatic rings. The van der Waals surface area contributed by atoms with Gasteiger partial charge >= 0.3 is 0 Å². The zero-order chi connectivity index (χ0) is 12.3. The second kappa shape index (κ2) is 5.06. The summed E-state index contributed by atoms with van der Waals surface area (Å²) in [6, 6.07) is 8.85. The van der Waals surface area contributed by atoms with Crippen LogP contribution in [-0.4, -0.2) is 6.29 Å². The Balaban J connectivity index is 2.09. The molecule has 1 aromatic heterocycles. The van der Waals surface area contributed by atoms with Gasteiger partial charge in [-0.05, 0) is 30.7 Å². The van der Waals surface area contributed by atoms with Gasteiger partial charge in [-0.3, -0.25) is 4.79 Å². The van der Waals surface area contributed by atoms with E-state index in [-0.39, 0.29) is 6.61 Å². The predicted molar refractivity (Wildman–Crippen MR) is 64.6 cm³/mol. The van der Waals surface area contributed by atoms with Crippen LogP contribution in [0.15, 0.2) is 34.7 Å². The van der Waals surface area contributed by atoms with Crippen LogP contribution < -0.4 is 4.74 Å². The molecule has 0 fully saturated rings. The standard InChI is InChI=1S/C13H11ClO3/c1-9-3-2-4-12(14)13(9)16-8-11-6-5-10(7-15)17-11/h2-7H,8H2,1H3. The summed E-state index contributed by atoms with van der Waals surface area (Å²) in [6.45, 7) is 2.17. The lowest BCUT2D eigenvalue weighted by atomic mass is 10.2. The van der Waals surface area contributed by atoms with Gasteiger partial charge in [0.2, 0.25) is 0 Å². The molecule has 0 amide bonds. The zero-order valence-electron chi connectivity index (χ0n) is 9.27. The lowest BCUT2D eigenvalue weighted by molar-refractivity contribution is 0.109. The first kappa shape index (κ1) is 11.7. The molecule has 0 bridgehead atoms. The van der Waals surface area contributed by atoms with Crippen molar-refractivity contribution in [3.63, 3.8) is 0 Å². The molecule has 2 aromatic rings. The fourth-order valence-corrected chi connectivity index (χ4v) is 1.75. The van der Waals surface area contributed by atoms with Crippen molar-refractivity contribution in [1.29, 1.82) is 0 Å². The lowest BCUT2D eigenvalue weighted by Crippen LogP contribution is -1.96. The maximum Gasteiger partial charge on any atom is 0.185 e. The Hall–Kier alpha value is -1.74. The zero-order valence-corrected chi connectivity index (χ0v) is 10.0. The summed E-state index contributed by atoms with van der Waals surface area (Å²) >= 11 is 6.02. The van der Waals surface area contributed by atoms with Crippen molar-refractivity contribution in [2.24, 2.45) is 0 Å². The van der Waals surface area contributed by atoms with Gasteiger partial charge in [0.15, 0.2) is 12.0 Å². The Bertz CT molecular complexity index is 511. The highest BCUT2D eigenvalue weighted by molar-refractivity contribution is 6.32. The molecule has 17 heavy (non-hydrogen) atoms. The molecule has 0 saturated heterocycles. The monoisotopic (exact) mass is 250 g/mol. The number of ether oxygens (including phenoxy) is 1. The number of benzene rings is 1. The van der Waals surface area contributed by atoms with Crippen molar-refractivity contribution in [2.45, 2.75) is 13.5 Å². The molecular weight excluding hydrogens is 240 g/mol. The van der Waals surface area contributed by atoms with Crippen LogP contribution in [0.3, 0.4) is 0 Å². The van der Waals surface area contributed by atoms with Gasteiger partial charge in [-0.2, -0.15) is 0 Å². The number of carbonyl (C=O) groups excluding carboxylic acids is 1. The Morgan fingerprint density at radius 1 is 1.35 bits per heavy atom. The van der Waals surface area contributed by atoms with Crippen LogP contribution in [0.2, 0.25) is 5.02 Å². The molecule has 0 spiro atoms. The van der Waals surface area contributed by atoms with Crippen LogP contribution in [0, 0.1) is 6.92 Å². The van der Waals surface area contributed by atoms with Crippen LogP contribution >= 0.6 is 11.6 Å². The maximum absolute atomic E-state index is 10.4. The number of hydrogen-bond acceptors (Lipinski definition) is 3. The highest BCUT2D eigenvalue weighted by atomic mass is 35.5. The molecule has 0 saturated carbocycles. The second-order valence-corrected chi connectivity index (χ2v) is 4.00. The van der Waals surface area contributed by atoms with E-state index in [9.17, 15) is 4.79 Å². The van der Waals surface area contributed by atoms with Crippen molar-refractivity contribution in [3.8, 4) is 5.75 Å². The number of carbonyl (C=O) groups is 1. The van der Waals surface area contributed by atoms with Crippen molar-refractivity contribution >= 4 is 17.9 Å². The molecule has 2 rings (SSSR count). The van der Waals surface area contributed by atoms with Crippen molar-refractivity contribution in [1.82, 2.24) is 0 Å². The quantitative estimate of drug-likeness (QED) is 0.778. The van der Waals surface area contributed by atoms with E-state index < -0.39 is 0 Å². The number of rotatable bonds is 4. The molecule has 4 heteroatoms. The molecule has 3 nitrogen and oxygen atoms in total. The summed E-state index contributed by atoms with van der Waals surface area (Å²) in [5.41, 5.74) is 0.958. The fourth-order valence-electron chi connectivity index (χ4n) is 1.48. The van der Waals surface area contributed by atoms with E-state index in [0.29, 0.717) is 28.6 Å². The van der Waals surface area contributed by atoms with Crippen molar-refractivity contribution in [2.75, 3.05) is 0 Å². The van der Waals surface area contributed by atoms with E-state index in [0.717, 1.165) is 5.56 Å². The van der Waals surface area contributed by atoms with Gasteiger partial charge in [0, 0.05) is 0 Å². The average Bonchev–Trinajstić information content (AvgIpc) is 2.76. The number of halogens is 1. The van der Waals surface area contributed by atoms with E-state index in [2.05, 4.69) is 0 Å². The molecule has 0 aliphatic carbocycles. The topological polar surface area (TPSA) is 39.4 Å². The SMILES string of the molecule is Cc1cccc(Cl)c1OCc1ccc(C=O)o1. The minimum atomic E-state index is 0.248. The molecule has 88 valence electrons. The first-order chi connectivity index (χ1) is 8.20. The van der Waals surface area contributed by atoms with Crippen LogP contribution in [0.1, 0.15) is 21.9 Å². The summed E-state index contributed by atoms with van der Waals surface area (Å²) in [5.74, 6) is 1.52. The third kappa shape index (κ3) is 2.68. The third-order valence-electron chi connectivity index (χ3n) is 2.32. The molecule has 1 heterocycles. The largest absolute Gasteiger partial charge is 0.484 e. The van der Waals surface area contributed by atoms with Gasteiger partial charge in [-0.1, -0.05) is 23.7 Å². The van der Waals surface area contributed by atoms with E-state index in [4.69, 9.17) is 20.8 Å². The molecular formula is C13H11ClO3. The summed E-state index contributed by atoms with van der Waals surface area (Å²) < 4.78 is 10.8. The fraction of sp³-hybridized carbons (Fsp3) is 0.154. The molecule has 0 radical (unpaired) electrons. The molecule has 0 atom stereocenters. The van der Waals surface area contributed by atoms with Gasteiger partial charge < -0.3 is 9.15 Å². The van der Waals surface area contributed by atoms with Gasteiger partial charge in [0.05, 0.1) is 5.02 Å². The highest BCUT2D eigenvalue weighted by Crippen LogP contribution is 2.28. The molecule has 0 N–H and O–H groups in total. The number of para-hydroxylation sites is 1. The molecule has 0 aliphatic heterocycles. The van der Waals surface area contributed by atoms with E-state index >= 15 is 0 Å². The number of furan rings is 1. The summed E-state index contributed by atoms with van der Waals surface area (Å²) in [7, 11) is 0. The van der Waals surface area contributed by atoms with Crippen LogP contribution in [0.5, 0.6) is 5.75 Å². The number of aldehydes is 1. The van der Waals surface area contributed by atoms with E-state index in [1.165, 1.54) is 0 Å². The highest BCUT2D eigenvalue weighted by Gasteiger charge is 2.07. The van der Waals surface area contributed by atoms with E-state index in [1.807, 2.05) is 19.1 Å². The Morgan fingerprint density at radius 2 is 2.18 bits per heavy atom. The van der Waals surface area contributed by atoms with Crippen LogP contribution in [-0.2, 0) is 6.61 Å². The van der Waals surface area contributed by atoms with Crippen LogP contribution in [0.4, 0.5) is 0 Å². The normalized spacial score (nSPS) is 10.2. The van der Waals surface area contributed by atoms with Gasteiger partial charge in [0.1, 0.15) is 18.1 Å². The molecule has 0 unspecified atom stereocenters. The first-order valence-electron chi connectivity index (χ1n) is 5.12. The summed E-state index contributed by atoms with van der Waals surface area (Å²) in [6.07, 6.45) is 0.657. The smallest absolute Gasteiger partial charge is 0.185 e. The predicted octanol–water partition coefficient (Wildman–Crippen LogP) is 3.63. The first-order valence-corrected chi connectivity index (χ1v) is 5.50.